The lowest BCUT2D eigenvalue weighted by molar-refractivity contribution is -0.136. The third-order valence-electron chi connectivity index (χ3n) is 5.22. The van der Waals surface area contributed by atoms with Crippen LogP contribution in [0.25, 0.3) is 0 Å². The molecule has 1 aromatic carbocycles. The van der Waals surface area contributed by atoms with Gasteiger partial charge in [-0.05, 0) is 30.5 Å². The third-order valence-corrected chi connectivity index (χ3v) is 5.22. The van der Waals surface area contributed by atoms with E-state index in [0.29, 0.717) is 17.7 Å². The van der Waals surface area contributed by atoms with Crippen molar-refractivity contribution in [1.29, 1.82) is 0 Å². The minimum atomic E-state index is -0.930. The molecular formula is C18H20N4O4. The molecule has 26 heavy (non-hydrogen) atoms. The molecule has 8 nitrogen and oxygen atoms in total. The molecule has 0 saturated carbocycles. The lowest BCUT2D eigenvalue weighted by atomic mass is 10.0. The molecule has 0 bridgehead atoms. The SMILES string of the molecule is NC1CCN(Cc2ccc3c(c2)C(=O)N(C2CCC(=O)NC2=O)C3=O)C1. The Morgan fingerprint density at radius 1 is 1.08 bits per heavy atom. The van der Waals surface area contributed by atoms with E-state index in [0.717, 1.165) is 30.0 Å². The zero-order valence-electron chi connectivity index (χ0n) is 14.2. The molecule has 3 heterocycles. The molecule has 0 radical (unpaired) electrons. The summed E-state index contributed by atoms with van der Waals surface area (Å²) in [5.41, 5.74) is 7.49. The molecule has 4 rings (SSSR count). The highest BCUT2D eigenvalue weighted by Crippen LogP contribution is 2.28. The molecule has 0 aromatic heterocycles. The van der Waals surface area contributed by atoms with Crippen molar-refractivity contribution in [3.05, 3.63) is 34.9 Å². The Morgan fingerprint density at radius 3 is 2.54 bits per heavy atom. The molecule has 3 aliphatic rings. The largest absolute Gasteiger partial charge is 0.326 e. The van der Waals surface area contributed by atoms with Crippen LogP contribution >= 0.6 is 0 Å². The lowest BCUT2D eigenvalue weighted by Gasteiger charge is -2.27. The fourth-order valence-electron chi connectivity index (χ4n) is 3.88. The van der Waals surface area contributed by atoms with Crippen molar-refractivity contribution in [2.75, 3.05) is 13.1 Å². The molecule has 2 saturated heterocycles. The zero-order valence-corrected chi connectivity index (χ0v) is 14.2. The Kier molecular flexibility index (Phi) is 4.08. The summed E-state index contributed by atoms with van der Waals surface area (Å²) >= 11 is 0. The summed E-state index contributed by atoms with van der Waals surface area (Å²) in [7, 11) is 0. The van der Waals surface area contributed by atoms with Gasteiger partial charge in [0.25, 0.3) is 11.8 Å². The van der Waals surface area contributed by atoms with Crippen molar-refractivity contribution in [2.45, 2.75) is 37.9 Å². The maximum Gasteiger partial charge on any atom is 0.262 e. The number of piperidine rings is 1. The average Bonchev–Trinajstić information content (AvgIpc) is 3.10. The minimum Gasteiger partial charge on any atom is -0.326 e. The fraction of sp³-hybridized carbons (Fsp3) is 0.444. The van der Waals surface area contributed by atoms with Crippen LogP contribution < -0.4 is 11.1 Å². The van der Waals surface area contributed by atoms with Gasteiger partial charge in [0.2, 0.25) is 11.8 Å². The van der Waals surface area contributed by atoms with E-state index < -0.39 is 23.8 Å². The molecule has 2 atom stereocenters. The van der Waals surface area contributed by atoms with E-state index in [9.17, 15) is 19.2 Å². The molecule has 3 N–H and O–H groups in total. The molecule has 8 heteroatoms. The fourth-order valence-corrected chi connectivity index (χ4v) is 3.88. The number of hydrogen-bond donors (Lipinski definition) is 2. The first-order valence-corrected chi connectivity index (χ1v) is 8.76. The monoisotopic (exact) mass is 356 g/mol. The van der Waals surface area contributed by atoms with Crippen LogP contribution in [0.3, 0.4) is 0 Å². The highest BCUT2D eigenvalue weighted by atomic mass is 16.2. The number of benzene rings is 1. The molecule has 1 aromatic rings. The molecule has 4 amide bonds. The topological polar surface area (TPSA) is 113 Å². The van der Waals surface area contributed by atoms with Gasteiger partial charge in [-0.3, -0.25) is 34.3 Å². The van der Waals surface area contributed by atoms with Crippen molar-refractivity contribution in [2.24, 2.45) is 5.73 Å². The second kappa shape index (κ2) is 6.30. The number of nitrogens with zero attached hydrogens (tertiary/aromatic N) is 2. The molecular weight excluding hydrogens is 336 g/mol. The summed E-state index contributed by atoms with van der Waals surface area (Å²) in [4.78, 5) is 52.0. The number of fused-ring (bicyclic) bond motifs is 1. The Bertz CT molecular complexity index is 821. The van der Waals surface area contributed by atoms with Gasteiger partial charge >= 0.3 is 0 Å². The normalized spacial score (nSPS) is 26.4. The summed E-state index contributed by atoms with van der Waals surface area (Å²) < 4.78 is 0. The van der Waals surface area contributed by atoms with E-state index >= 15 is 0 Å². The van der Waals surface area contributed by atoms with Gasteiger partial charge in [-0.1, -0.05) is 6.07 Å². The summed E-state index contributed by atoms with van der Waals surface area (Å²) in [6, 6.07) is 4.45. The molecule has 136 valence electrons. The number of nitrogens with two attached hydrogens (primary N) is 1. The first-order valence-electron chi connectivity index (χ1n) is 8.76. The summed E-state index contributed by atoms with van der Waals surface area (Å²) in [5, 5.41) is 2.20. The van der Waals surface area contributed by atoms with Crippen LogP contribution in [0, 0.1) is 0 Å². The maximum absolute atomic E-state index is 12.8. The summed E-state index contributed by atoms with van der Waals surface area (Å²) in [5.74, 6) is -1.93. The Morgan fingerprint density at radius 2 is 1.85 bits per heavy atom. The highest BCUT2D eigenvalue weighted by Gasteiger charge is 2.44. The van der Waals surface area contributed by atoms with Crippen molar-refractivity contribution in [3.8, 4) is 0 Å². The number of hydrogen-bond acceptors (Lipinski definition) is 6. The van der Waals surface area contributed by atoms with E-state index in [2.05, 4.69) is 10.2 Å². The number of nitrogens with one attached hydrogen (secondary N) is 1. The van der Waals surface area contributed by atoms with Crippen LogP contribution in [0.1, 0.15) is 45.5 Å². The van der Waals surface area contributed by atoms with Crippen LogP contribution in [-0.2, 0) is 16.1 Å². The molecule has 0 spiro atoms. The first-order chi connectivity index (χ1) is 12.4. The zero-order chi connectivity index (χ0) is 18.4. The van der Waals surface area contributed by atoms with Gasteiger partial charge in [0.05, 0.1) is 11.1 Å². The predicted octanol–water partition coefficient (Wildman–Crippen LogP) is -0.379. The third kappa shape index (κ3) is 2.81. The van der Waals surface area contributed by atoms with Gasteiger partial charge in [0.1, 0.15) is 6.04 Å². The number of carbonyl (C=O) groups excluding carboxylic acids is 4. The summed E-state index contributed by atoms with van der Waals surface area (Å²) in [6.45, 7) is 2.39. The van der Waals surface area contributed by atoms with Gasteiger partial charge in [0.15, 0.2) is 0 Å². The minimum absolute atomic E-state index is 0.115. The van der Waals surface area contributed by atoms with Crippen LogP contribution in [0.4, 0.5) is 0 Å². The van der Waals surface area contributed by atoms with E-state index in [1.54, 1.807) is 12.1 Å². The van der Waals surface area contributed by atoms with E-state index in [-0.39, 0.29) is 24.8 Å². The highest BCUT2D eigenvalue weighted by molar-refractivity contribution is 6.23. The first kappa shape index (κ1) is 16.9. The van der Waals surface area contributed by atoms with Crippen LogP contribution in [0.15, 0.2) is 18.2 Å². The van der Waals surface area contributed by atoms with Crippen LogP contribution in [0.5, 0.6) is 0 Å². The molecule has 2 unspecified atom stereocenters. The standard InChI is InChI=1S/C18H20N4O4/c19-11-5-6-21(9-11)8-10-1-2-12-13(7-10)18(26)22(17(12)25)14-3-4-15(23)20-16(14)24/h1-2,7,11,14H,3-6,8-9,19H2,(H,20,23,24). The van der Waals surface area contributed by atoms with Gasteiger partial charge in [0, 0.05) is 32.1 Å². The van der Waals surface area contributed by atoms with Crippen LogP contribution in [0.2, 0.25) is 0 Å². The second-order valence-corrected chi connectivity index (χ2v) is 7.11. The number of rotatable bonds is 3. The van der Waals surface area contributed by atoms with Crippen molar-refractivity contribution in [3.63, 3.8) is 0 Å². The lowest BCUT2D eigenvalue weighted by Crippen LogP contribution is -2.54. The second-order valence-electron chi connectivity index (χ2n) is 7.11. The van der Waals surface area contributed by atoms with Crippen molar-refractivity contribution in [1.82, 2.24) is 15.1 Å². The van der Waals surface area contributed by atoms with Crippen molar-refractivity contribution < 1.29 is 19.2 Å². The van der Waals surface area contributed by atoms with E-state index in [4.69, 9.17) is 5.73 Å². The Labute approximate surface area is 150 Å². The van der Waals surface area contributed by atoms with Gasteiger partial charge in [-0.2, -0.15) is 0 Å². The molecule has 0 aliphatic carbocycles. The molecule has 2 fully saturated rings. The van der Waals surface area contributed by atoms with Crippen LogP contribution in [-0.4, -0.2) is 58.6 Å². The number of amides is 4. The van der Waals surface area contributed by atoms with Gasteiger partial charge in [-0.25, -0.2) is 0 Å². The Balaban J connectivity index is 1.56. The van der Waals surface area contributed by atoms with E-state index in [1.165, 1.54) is 0 Å². The van der Waals surface area contributed by atoms with E-state index in [1.807, 2.05) is 6.07 Å². The average molecular weight is 356 g/mol. The predicted molar refractivity (Wildman–Crippen MR) is 91.0 cm³/mol. The molecule has 3 aliphatic heterocycles. The van der Waals surface area contributed by atoms with Crippen molar-refractivity contribution >= 4 is 23.6 Å². The number of likely N-dealkylation sites (tertiary alicyclic amines) is 1. The quantitative estimate of drug-likeness (QED) is 0.714. The number of carbonyl (C=O) groups is 4. The number of imide groups is 2. The smallest absolute Gasteiger partial charge is 0.262 e. The van der Waals surface area contributed by atoms with Gasteiger partial charge < -0.3 is 5.73 Å². The van der Waals surface area contributed by atoms with Gasteiger partial charge in [-0.15, -0.1) is 0 Å². The maximum atomic E-state index is 12.8. The Hall–Kier alpha value is -2.58. The summed E-state index contributed by atoms with van der Waals surface area (Å²) in [6.07, 6.45) is 1.23.